The molecular weight excluding hydrogens is 628 g/mol. The van der Waals surface area contributed by atoms with Crippen molar-refractivity contribution in [3.63, 3.8) is 0 Å². The van der Waals surface area contributed by atoms with E-state index in [4.69, 9.17) is 14.2 Å². The van der Waals surface area contributed by atoms with Crippen LogP contribution >= 0.6 is 0 Å². The van der Waals surface area contributed by atoms with Crippen molar-refractivity contribution >= 4 is 41.3 Å². The number of nitrogens with zero attached hydrogens (tertiary/aromatic N) is 3. The maximum absolute atomic E-state index is 13.0. The summed E-state index contributed by atoms with van der Waals surface area (Å²) in [7, 11) is 1.57. The minimum atomic E-state index is -1.15. The zero-order chi connectivity index (χ0) is 36.0. The van der Waals surface area contributed by atoms with Crippen LogP contribution in [0, 0.1) is 5.41 Å². The summed E-state index contributed by atoms with van der Waals surface area (Å²) in [6.07, 6.45) is 1.31. The van der Waals surface area contributed by atoms with Crippen LogP contribution in [-0.4, -0.2) is 141 Å². The first-order valence-corrected chi connectivity index (χ1v) is 15.8. The second-order valence-corrected chi connectivity index (χ2v) is 12.2. The van der Waals surface area contributed by atoms with Gasteiger partial charge in [-0.1, -0.05) is 13.8 Å². The number of hydrogen-bond donors (Lipinski definition) is 2. The lowest BCUT2D eigenvalue weighted by Crippen LogP contribution is -2.42. The second kappa shape index (κ2) is 19.0. The van der Waals surface area contributed by atoms with E-state index in [0.717, 1.165) is 9.80 Å². The molecule has 1 aliphatic heterocycles. The molecule has 15 heteroatoms. The van der Waals surface area contributed by atoms with Crippen molar-refractivity contribution in [1.29, 1.82) is 0 Å². The molecule has 266 valence electrons. The molecule has 2 rings (SSSR count). The summed E-state index contributed by atoms with van der Waals surface area (Å²) in [4.78, 5) is 88.7. The lowest BCUT2D eigenvalue weighted by molar-refractivity contribution is -0.137. The van der Waals surface area contributed by atoms with Gasteiger partial charge in [-0.3, -0.25) is 33.7 Å². The van der Waals surface area contributed by atoms with Gasteiger partial charge in [-0.05, 0) is 20.8 Å². The predicted octanol–water partition coefficient (Wildman–Crippen LogP) is 1.13. The van der Waals surface area contributed by atoms with E-state index < -0.39 is 23.3 Å². The van der Waals surface area contributed by atoms with Gasteiger partial charge in [0.05, 0.1) is 39.6 Å². The third-order valence-corrected chi connectivity index (χ3v) is 8.14. The number of carboxylic acid groups (broad SMARTS) is 1. The van der Waals surface area contributed by atoms with Crippen molar-refractivity contribution in [3.05, 3.63) is 34.4 Å². The van der Waals surface area contributed by atoms with E-state index in [1.54, 1.807) is 41.7 Å². The number of imide groups is 1. The number of carbonyl (C=O) groups excluding carboxylic acids is 6. The molecule has 0 atom stereocenters. The highest BCUT2D eigenvalue weighted by Crippen LogP contribution is 2.39. The van der Waals surface area contributed by atoms with Gasteiger partial charge in [0.2, 0.25) is 11.8 Å². The Morgan fingerprint density at radius 1 is 0.792 bits per heavy atom. The van der Waals surface area contributed by atoms with Gasteiger partial charge < -0.3 is 34.4 Å². The Kier molecular flexibility index (Phi) is 15.8. The summed E-state index contributed by atoms with van der Waals surface area (Å²) in [5.74, 6) is -1.78. The highest BCUT2D eigenvalue weighted by atomic mass is 16.5. The quantitative estimate of drug-likeness (QED) is 0.101. The number of ether oxygens (including phenoxy) is 3. The largest absolute Gasteiger partial charge is 0.465 e. The molecule has 0 saturated heterocycles. The predicted molar refractivity (Wildman–Crippen MR) is 173 cm³/mol. The molecule has 2 aliphatic rings. The lowest BCUT2D eigenvalue weighted by Gasteiger charge is -2.33. The molecular formula is C33H48N4O11. The molecule has 0 unspecified atom stereocenters. The van der Waals surface area contributed by atoms with Crippen molar-refractivity contribution < 1.29 is 52.9 Å². The van der Waals surface area contributed by atoms with E-state index >= 15 is 0 Å². The molecule has 1 aliphatic carbocycles. The standard InChI is InChI=1S/C33H48N4O11/c1-22-23(2)31(43)29(24(3)30(22)42)33(4,5)21-28(41)35(6)12-13-36(32(44)45)14-16-47-18-20-48-19-17-46-15-9-25(38)34-10-11-37-26(39)7-8-27(37)40/h7-8H,9-21H2,1-6H3,(H,34,38)(H,44,45). The average Bonchev–Trinajstić information content (AvgIpc) is 3.34. The van der Waals surface area contributed by atoms with Crippen LogP contribution in [0.4, 0.5) is 4.79 Å². The minimum absolute atomic E-state index is 0.0244. The fourth-order valence-electron chi connectivity index (χ4n) is 5.14. The number of allylic oxidation sites excluding steroid dienone is 4. The number of ketones is 2. The Bertz CT molecular complexity index is 1330. The zero-order valence-electron chi connectivity index (χ0n) is 28.7. The second-order valence-electron chi connectivity index (χ2n) is 12.2. The molecule has 2 N–H and O–H groups in total. The number of hydrogen-bond acceptors (Lipinski definition) is 10. The summed E-state index contributed by atoms with van der Waals surface area (Å²) >= 11 is 0. The zero-order valence-corrected chi connectivity index (χ0v) is 28.7. The van der Waals surface area contributed by atoms with Gasteiger partial charge in [0, 0.05) is 92.5 Å². The molecule has 0 aromatic heterocycles. The molecule has 0 fully saturated rings. The summed E-state index contributed by atoms with van der Waals surface area (Å²) in [6.45, 7) is 10.2. The maximum Gasteiger partial charge on any atom is 0.407 e. The van der Waals surface area contributed by atoms with E-state index in [0.29, 0.717) is 22.3 Å². The topological polar surface area (TPSA) is 189 Å². The summed E-state index contributed by atoms with van der Waals surface area (Å²) in [5, 5.41) is 12.2. The number of Topliss-reactive ketones (excluding diaryl/α,β-unsaturated/α-hetero) is 2. The molecule has 5 amide bonds. The molecule has 0 radical (unpaired) electrons. The van der Waals surface area contributed by atoms with Gasteiger partial charge in [-0.2, -0.15) is 0 Å². The van der Waals surface area contributed by atoms with E-state index in [9.17, 15) is 38.7 Å². The van der Waals surface area contributed by atoms with Gasteiger partial charge in [0.25, 0.3) is 11.8 Å². The smallest absolute Gasteiger partial charge is 0.407 e. The maximum atomic E-state index is 13.0. The summed E-state index contributed by atoms with van der Waals surface area (Å²) < 4.78 is 16.2. The van der Waals surface area contributed by atoms with Crippen LogP contribution in [0.1, 0.15) is 47.5 Å². The van der Waals surface area contributed by atoms with Gasteiger partial charge in [0.1, 0.15) is 0 Å². The molecule has 48 heavy (non-hydrogen) atoms. The van der Waals surface area contributed by atoms with Crippen LogP contribution in [0.2, 0.25) is 0 Å². The fraction of sp³-hybridized carbons (Fsp3) is 0.606. The first kappa shape index (κ1) is 40.0. The summed E-state index contributed by atoms with van der Waals surface area (Å²) in [6, 6.07) is 0. The molecule has 0 spiro atoms. The molecule has 0 bridgehead atoms. The van der Waals surface area contributed by atoms with Crippen molar-refractivity contribution in [2.75, 3.05) is 79.4 Å². The average molecular weight is 677 g/mol. The molecule has 0 aromatic rings. The minimum Gasteiger partial charge on any atom is -0.465 e. The van der Waals surface area contributed by atoms with E-state index in [-0.39, 0.29) is 109 Å². The molecule has 15 nitrogen and oxygen atoms in total. The third kappa shape index (κ3) is 11.8. The Hall–Kier alpha value is -4.21. The molecule has 0 saturated carbocycles. The first-order valence-electron chi connectivity index (χ1n) is 15.8. The number of carbonyl (C=O) groups is 7. The Balaban J connectivity index is 1.57. The Labute approximate surface area is 280 Å². The number of likely N-dealkylation sites (N-methyl/N-ethyl adjacent to an activating group) is 1. The van der Waals surface area contributed by atoms with Crippen LogP contribution in [0.3, 0.4) is 0 Å². The Morgan fingerprint density at radius 2 is 1.33 bits per heavy atom. The number of rotatable bonds is 21. The van der Waals surface area contributed by atoms with Gasteiger partial charge in [-0.25, -0.2) is 4.79 Å². The highest BCUT2D eigenvalue weighted by molar-refractivity contribution is 6.25. The van der Waals surface area contributed by atoms with Gasteiger partial charge >= 0.3 is 6.09 Å². The van der Waals surface area contributed by atoms with Crippen molar-refractivity contribution in [3.8, 4) is 0 Å². The van der Waals surface area contributed by atoms with Crippen LogP contribution in [0.5, 0.6) is 0 Å². The SMILES string of the molecule is CC1=C(C)C(=O)C(C(C)(C)CC(=O)N(C)CCN(CCOCCOCCOCCC(=O)NCCN2C(=O)C=CC2=O)C(=O)O)=C(C)C1=O. The van der Waals surface area contributed by atoms with E-state index in [2.05, 4.69) is 5.32 Å². The van der Waals surface area contributed by atoms with Crippen molar-refractivity contribution in [1.82, 2.24) is 20.0 Å². The molecule has 1 heterocycles. The van der Waals surface area contributed by atoms with E-state index in [1.807, 2.05) is 0 Å². The number of nitrogens with one attached hydrogen (secondary N) is 1. The van der Waals surface area contributed by atoms with Crippen LogP contribution in [0.15, 0.2) is 34.4 Å². The normalized spacial score (nSPS) is 15.2. The first-order chi connectivity index (χ1) is 22.6. The van der Waals surface area contributed by atoms with Gasteiger partial charge in [-0.15, -0.1) is 0 Å². The van der Waals surface area contributed by atoms with Gasteiger partial charge in [0.15, 0.2) is 11.6 Å². The van der Waals surface area contributed by atoms with Crippen molar-refractivity contribution in [2.45, 2.75) is 47.5 Å². The van der Waals surface area contributed by atoms with Crippen LogP contribution in [-0.2, 0) is 43.0 Å². The monoisotopic (exact) mass is 676 g/mol. The van der Waals surface area contributed by atoms with Crippen LogP contribution in [0.25, 0.3) is 0 Å². The van der Waals surface area contributed by atoms with Crippen LogP contribution < -0.4 is 5.32 Å². The third-order valence-electron chi connectivity index (χ3n) is 8.14. The molecule has 0 aromatic carbocycles. The van der Waals surface area contributed by atoms with E-state index in [1.165, 1.54) is 17.1 Å². The summed E-state index contributed by atoms with van der Waals surface area (Å²) in [5.41, 5.74) is 0.587. The lowest BCUT2D eigenvalue weighted by atomic mass is 9.71. The Morgan fingerprint density at radius 3 is 1.92 bits per heavy atom. The highest BCUT2D eigenvalue weighted by Gasteiger charge is 2.38. The fourth-order valence-corrected chi connectivity index (χ4v) is 5.14. The van der Waals surface area contributed by atoms with Crippen molar-refractivity contribution in [2.24, 2.45) is 5.41 Å². The number of amides is 5.